The average Bonchev–Trinajstić information content (AvgIpc) is 2.80. The van der Waals surface area contributed by atoms with Gasteiger partial charge >= 0.3 is 0 Å². The van der Waals surface area contributed by atoms with Crippen LogP contribution in [0.15, 0.2) is 34.0 Å². The van der Waals surface area contributed by atoms with Crippen LogP contribution in [0.25, 0.3) is 10.9 Å². The van der Waals surface area contributed by atoms with E-state index in [1.54, 1.807) is 6.07 Å². The van der Waals surface area contributed by atoms with E-state index in [9.17, 15) is 18.0 Å². The predicted octanol–water partition coefficient (Wildman–Crippen LogP) is 2.66. The van der Waals surface area contributed by atoms with E-state index in [0.29, 0.717) is 36.5 Å². The number of pyridine rings is 1. The van der Waals surface area contributed by atoms with Crippen molar-refractivity contribution in [2.75, 3.05) is 39.3 Å². The van der Waals surface area contributed by atoms with Crippen molar-refractivity contribution in [3.63, 3.8) is 0 Å². The third-order valence-corrected chi connectivity index (χ3v) is 8.25. The molecular formula is C24H36N4O4S. The molecule has 0 unspecified atom stereocenters. The number of piperidine rings is 1. The number of hydrogen-bond acceptors (Lipinski definition) is 5. The van der Waals surface area contributed by atoms with E-state index in [1.807, 2.05) is 0 Å². The standard InChI is InChI=1S/C24H36N4O4S/c1-5-27(6-2)15-18(4)14-25-24(30)21-13-23(29)26-22-10-9-19(12-20(21)22)33(31,32)28-11-7-8-17(3)16-28/h9-10,12-13,17-18H,5-8,11,14-16H2,1-4H3,(H,25,30)(H,26,29)/t17-,18+/m1/s1. The maximum Gasteiger partial charge on any atom is 0.252 e. The van der Waals surface area contributed by atoms with Gasteiger partial charge in [-0.3, -0.25) is 9.59 Å². The monoisotopic (exact) mass is 476 g/mol. The fourth-order valence-corrected chi connectivity index (χ4v) is 6.07. The van der Waals surface area contributed by atoms with Crippen molar-refractivity contribution < 1.29 is 13.2 Å². The first kappa shape index (κ1) is 25.4. The molecule has 2 aromatic rings. The summed E-state index contributed by atoms with van der Waals surface area (Å²) >= 11 is 0. The number of benzene rings is 1. The van der Waals surface area contributed by atoms with Crippen molar-refractivity contribution in [3.05, 3.63) is 40.2 Å². The predicted molar refractivity (Wildman–Crippen MR) is 131 cm³/mol. The second kappa shape index (κ2) is 10.8. The van der Waals surface area contributed by atoms with Gasteiger partial charge in [0, 0.05) is 43.1 Å². The lowest BCUT2D eigenvalue weighted by Gasteiger charge is -2.30. The van der Waals surface area contributed by atoms with Gasteiger partial charge in [-0.1, -0.05) is 27.7 Å². The summed E-state index contributed by atoms with van der Waals surface area (Å²) in [5.41, 5.74) is 0.229. The number of sulfonamides is 1. The number of H-pyrrole nitrogens is 1. The lowest BCUT2D eigenvalue weighted by atomic mass is 10.0. The summed E-state index contributed by atoms with van der Waals surface area (Å²) in [7, 11) is -3.68. The second-order valence-corrected chi connectivity index (χ2v) is 11.1. The minimum absolute atomic E-state index is 0.139. The maximum absolute atomic E-state index is 13.2. The molecule has 1 saturated heterocycles. The van der Waals surface area contributed by atoms with Crippen LogP contribution in [0.1, 0.15) is 50.9 Å². The highest BCUT2D eigenvalue weighted by atomic mass is 32.2. The van der Waals surface area contributed by atoms with Gasteiger partial charge in [-0.15, -0.1) is 0 Å². The smallest absolute Gasteiger partial charge is 0.252 e. The van der Waals surface area contributed by atoms with E-state index in [2.05, 4.69) is 42.9 Å². The molecule has 2 heterocycles. The molecule has 1 aliphatic heterocycles. The Kier molecular flexibility index (Phi) is 8.31. The van der Waals surface area contributed by atoms with E-state index in [4.69, 9.17) is 0 Å². The molecule has 1 aromatic heterocycles. The fraction of sp³-hybridized carbons (Fsp3) is 0.583. The van der Waals surface area contributed by atoms with Gasteiger partial charge in [0.15, 0.2) is 0 Å². The Balaban J connectivity index is 1.87. The third kappa shape index (κ3) is 6.02. The highest BCUT2D eigenvalue weighted by Gasteiger charge is 2.29. The molecular weight excluding hydrogens is 440 g/mol. The molecule has 1 aromatic carbocycles. The molecule has 1 amide bonds. The van der Waals surface area contributed by atoms with Gasteiger partial charge in [-0.25, -0.2) is 8.42 Å². The summed E-state index contributed by atoms with van der Waals surface area (Å²) in [4.78, 5) is 30.3. The number of carbonyl (C=O) groups excluding carboxylic acids is 1. The van der Waals surface area contributed by atoms with Gasteiger partial charge in [-0.2, -0.15) is 4.31 Å². The molecule has 1 aliphatic rings. The molecule has 2 N–H and O–H groups in total. The van der Waals surface area contributed by atoms with Crippen molar-refractivity contribution in [1.82, 2.24) is 19.5 Å². The molecule has 9 heteroatoms. The molecule has 182 valence electrons. The van der Waals surface area contributed by atoms with Gasteiger partial charge in [0.1, 0.15) is 0 Å². The largest absolute Gasteiger partial charge is 0.352 e. The van der Waals surface area contributed by atoms with Gasteiger partial charge in [0.05, 0.1) is 10.5 Å². The highest BCUT2D eigenvalue weighted by Crippen LogP contribution is 2.26. The van der Waals surface area contributed by atoms with Crippen molar-refractivity contribution in [3.8, 4) is 0 Å². The van der Waals surface area contributed by atoms with Gasteiger partial charge < -0.3 is 15.2 Å². The van der Waals surface area contributed by atoms with E-state index < -0.39 is 15.6 Å². The van der Waals surface area contributed by atoms with Crippen LogP contribution in [0, 0.1) is 11.8 Å². The van der Waals surface area contributed by atoms with Crippen molar-refractivity contribution >= 4 is 26.8 Å². The van der Waals surface area contributed by atoms with Crippen LogP contribution in [0.5, 0.6) is 0 Å². The quantitative estimate of drug-likeness (QED) is 0.579. The normalized spacial score (nSPS) is 18.5. The number of carbonyl (C=O) groups is 1. The molecule has 33 heavy (non-hydrogen) atoms. The molecule has 0 bridgehead atoms. The third-order valence-electron chi connectivity index (χ3n) is 6.39. The van der Waals surface area contributed by atoms with E-state index in [1.165, 1.54) is 22.5 Å². The minimum Gasteiger partial charge on any atom is -0.352 e. The number of hydrogen-bond donors (Lipinski definition) is 2. The Labute approximate surface area is 196 Å². The Morgan fingerprint density at radius 3 is 2.67 bits per heavy atom. The molecule has 8 nitrogen and oxygen atoms in total. The van der Waals surface area contributed by atoms with Crippen LogP contribution < -0.4 is 10.9 Å². The van der Waals surface area contributed by atoms with Crippen LogP contribution in [0.4, 0.5) is 0 Å². The summed E-state index contributed by atoms with van der Waals surface area (Å²) in [6.07, 6.45) is 1.85. The zero-order valence-corrected chi connectivity index (χ0v) is 20.9. The number of nitrogens with one attached hydrogen (secondary N) is 2. The van der Waals surface area contributed by atoms with Crippen LogP contribution in [-0.2, 0) is 10.0 Å². The maximum atomic E-state index is 13.2. The zero-order chi connectivity index (χ0) is 24.2. The summed E-state index contributed by atoms with van der Waals surface area (Å²) in [6, 6.07) is 5.82. The molecule has 3 rings (SSSR count). The van der Waals surface area contributed by atoms with Gasteiger partial charge in [0.2, 0.25) is 15.6 Å². The number of amides is 1. The first-order valence-corrected chi connectivity index (χ1v) is 13.3. The number of aromatic nitrogens is 1. The number of rotatable bonds is 9. The average molecular weight is 477 g/mol. The lowest BCUT2D eigenvalue weighted by Crippen LogP contribution is -2.39. The van der Waals surface area contributed by atoms with Crippen molar-refractivity contribution in [2.24, 2.45) is 11.8 Å². The molecule has 0 spiro atoms. The Morgan fingerprint density at radius 1 is 1.27 bits per heavy atom. The molecule has 2 atom stereocenters. The number of aromatic amines is 1. The van der Waals surface area contributed by atoms with Gasteiger partial charge in [0.25, 0.3) is 5.91 Å². The Bertz CT molecular complexity index is 1140. The van der Waals surface area contributed by atoms with Crippen LogP contribution >= 0.6 is 0 Å². The zero-order valence-electron chi connectivity index (χ0n) is 20.1. The van der Waals surface area contributed by atoms with Crippen LogP contribution in [0.2, 0.25) is 0 Å². The van der Waals surface area contributed by atoms with E-state index in [0.717, 1.165) is 32.5 Å². The molecule has 0 aliphatic carbocycles. The summed E-state index contributed by atoms with van der Waals surface area (Å²) in [5, 5.41) is 3.35. The van der Waals surface area contributed by atoms with Crippen LogP contribution in [0.3, 0.4) is 0 Å². The number of fused-ring (bicyclic) bond motifs is 1. The Hall–Kier alpha value is -2.23. The van der Waals surface area contributed by atoms with Crippen LogP contribution in [-0.4, -0.2) is 67.8 Å². The molecule has 0 saturated carbocycles. The SMILES string of the molecule is CCN(CC)C[C@@H](C)CNC(=O)c1cc(=O)[nH]c2ccc(S(=O)(=O)N3CCC[C@@H](C)C3)cc12. The summed E-state index contributed by atoms with van der Waals surface area (Å²) < 4.78 is 28.0. The van der Waals surface area contributed by atoms with E-state index >= 15 is 0 Å². The highest BCUT2D eigenvalue weighted by molar-refractivity contribution is 7.89. The first-order chi connectivity index (χ1) is 15.6. The van der Waals surface area contributed by atoms with Crippen molar-refractivity contribution in [2.45, 2.75) is 45.4 Å². The molecule has 1 fully saturated rings. The van der Waals surface area contributed by atoms with E-state index in [-0.39, 0.29) is 22.3 Å². The first-order valence-electron chi connectivity index (χ1n) is 11.8. The fourth-order valence-electron chi connectivity index (χ4n) is 4.44. The number of nitrogens with zero attached hydrogens (tertiary/aromatic N) is 2. The van der Waals surface area contributed by atoms with Gasteiger partial charge in [-0.05, 0) is 56.0 Å². The second-order valence-electron chi connectivity index (χ2n) is 9.17. The molecule has 0 radical (unpaired) electrons. The lowest BCUT2D eigenvalue weighted by molar-refractivity contribution is 0.0946. The summed E-state index contributed by atoms with van der Waals surface area (Å²) in [6.45, 7) is 12.5. The van der Waals surface area contributed by atoms with Crippen molar-refractivity contribution in [1.29, 1.82) is 0 Å². The summed E-state index contributed by atoms with van der Waals surface area (Å²) in [5.74, 6) is 0.169. The Morgan fingerprint density at radius 2 is 2.00 bits per heavy atom. The topological polar surface area (TPSA) is 103 Å². The minimum atomic E-state index is -3.68.